The van der Waals surface area contributed by atoms with E-state index in [1.54, 1.807) is 6.07 Å². The second-order valence-electron chi connectivity index (χ2n) is 6.39. The second kappa shape index (κ2) is 7.16. The van der Waals surface area contributed by atoms with Gasteiger partial charge in [0.05, 0.1) is 0 Å². The average Bonchev–Trinajstić information content (AvgIpc) is 2.31. The highest BCUT2D eigenvalue weighted by Crippen LogP contribution is 2.32. The van der Waals surface area contributed by atoms with Crippen molar-refractivity contribution in [3.05, 3.63) is 29.8 Å². The van der Waals surface area contributed by atoms with E-state index in [1.165, 1.54) is 12.1 Å². The molecular formula is C16H24F3NO. The first-order chi connectivity index (χ1) is 9.61. The van der Waals surface area contributed by atoms with Gasteiger partial charge in [0.1, 0.15) is 5.75 Å². The van der Waals surface area contributed by atoms with E-state index >= 15 is 0 Å². The van der Waals surface area contributed by atoms with Crippen LogP contribution >= 0.6 is 0 Å². The summed E-state index contributed by atoms with van der Waals surface area (Å²) in [6.07, 6.45) is -2.85. The van der Waals surface area contributed by atoms with Crippen molar-refractivity contribution >= 4 is 0 Å². The lowest BCUT2D eigenvalue weighted by Gasteiger charge is -2.27. The van der Waals surface area contributed by atoms with Crippen LogP contribution in [0.25, 0.3) is 0 Å². The molecule has 120 valence electrons. The maximum absolute atomic E-state index is 12.3. The molecule has 0 aliphatic carbocycles. The van der Waals surface area contributed by atoms with E-state index in [2.05, 4.69) is 37.7 Å². The Bertz CT molecular complexity index is 438. The molecule has 0 saturated heterocycles. The summed E-state index contributed by atoms with van der Waals surface area (Å²) in [5.41, 5.74) is 0.895. The molecule has 0 aliphatic heterocycles. The summed E-state index contributed by atoms with van der Waals surface area (Å²) in [6.45, 7) is 9.23. The van der Waals surface area contributed by atoms with Gasteiger partial charge in [0.15, 0.2) is 0 Å². The number of alkyl halides is 3. The van der Waals surface area contributed by atoms with Crippen molar-refractivity contribution in [1.29, 1.82) is 0 Å². The first kappa shape index (κ1) is 17.8. The normalized spacial score (nSPS) is 14.0. The zero-order valence-corrected chi connectivity index (χ0v) is 13.1. The minimum atomic E-state index is -4.66. The fourth-order valence-electron chi connectivity index (χ4n) is 2.17. The van der Waals surface area contributed by atoms with Crippen LogP contribution in [0.5, 0.6) is 5.75 Å². The topological polar surface area (TPSA) is 21.3 Å². The standard InChI is InChI=1S/C16H24F3NO/c1-5-9-20-14(11-15(2,3)4)12-7-6-8-13(10-12)21-16(17,18)19/h6-8,10,14,20H,5,9,11H2,1-4H3. The number of rotatable bonds is 6. The average molecular weight is 303 g/mol. The zero-order chi connectivity index (χ0) is 16.1. The van der Waals surface area contributed by atoms with Gasteiger partial charge >= 0.3 is 6.36 Å². The quantitative estimate of drug-likeness (QED) is 0.793. The summed E-state index contributed by atoms with van der Waals surface area (Å²) in [6, 6.07) is 6.24. The molecule has 1 N–H and O–H groups in total. The number of benzene rings is 1. The van der Waals surface area contributed by atoms with Gasteiger partial charge in [0.2, 0.25) is 0 Å². The van der Waals surface area contributed by atoms with Crippen LogP contribution in [0.15, 0.2) is 24.3 Å². The van der Waals surface area contributed by atoms with Gasteiger partial charge in [-0.25, -0.2) is 0 Å². The van der Waals surface area contributed by atoms with Crippen molar-refractivity contribution in [3.63, 3.8) is 0 Å². The Morgan fingerprint density at radius 2 is 1.86 bits per heavy atom. The number of halogens is 3. The maximum atomic E-state index is 12.3. The molecule has 2 nitrogen and oxygen atoms in total. The van der Waals surface area contributed by atoms with Gasteiger partial charge in [-0.1, -0.05) is 39.8 Å². The van der Waals surface area contributed by atoms with Crippen LogP contribution in [0.4, 0.5) is 13.2 Å². The fourth-order valence-corrected chi connectivity index (χ4v) is 2.17. The van der Waals surface area contributed by atoms with E-state index < -0.39 is 6.36 Å². The molecule has 21 heavy (non-hydrogen) atoms. The number of hydrogen-bond donors (Lipinski definition) is 1. The first-order valence-electron chi connectivity index (χ1n) is 7.20. The summed E-state index contributed by atoms with van der Waals surface area (Å²) in [4.78, 5) is 0. The first-order valence-corrected chi connectivity index (χ1v) is 7.20. The van der Waals surface area contributed by atoms with Crippen LogP contribution in [-0.4, -0.2) is 12.9 Å². The summed E-state index contributed by atoms with van der Waals surface area (Å²) >= 11 is 0. The summed E-state index contributed by atoms with van der Waals surface area (Å²) < 4.78 is 40.9. The molecule has 0 heterocycles. The van der Waals surface area contributed by atoms with E-state index in [-0.39, 0.29) is 17.2 Å². The van der Waals surface area contributed by atoms with E-state index in [0.29, 0.717) is 0 Å². The molecular weight excluding hydrogens is 279 g/mol. The van der Waals surface area contributed by atoms with Crippen LogP contribution in [0.2, 0.25) is 0 Å². The van der Waals surface area contributed by atoms with Crippen LogP contribution in [0, 0.1) is 5.41 Å². The number of nitrogens with one attached hydrogen (secondary N) is 1. The lowest BCUT2D eigenvalue weighted by molar-refractivity contribution is -0.274. The monoisotopic (exact) mass is 303 g/mol. The molecule has 0 bridgehead atoms. The van der Waals surface area contributed by atoms with Gasteiger partial charge in [-0.2, -0.15) is 0 Å². The Hall–Kier alpha value is -1.23. The minimum Gasteiger partial charge on any atom is -0.406 e. The van der Waals surface area contributed by atoms with Crippen molar-refractivity contribution in [1.82, 2.24) is 5.32 Å². The molecule has 0 fully saturated rings. The Kier molecular flexibility index (Phi) is 6.08. The Balaban J connectivity index is 2.93. The highest BCUT2D eigenvalue weighted by Gasteiger charge is 2.31. The molecule has 5 heteroatoms. The predicted molar refractivity (Wildman–Crippen MR) is 78.2 cm³/mol. The lowest BCUT2D eigenvalue weighted by atomic mass is 9.85. The smallest absolute Gasteiger partial charge is 0.406 e. The van der Waals surface area contributed by atoms with E-state index in [9.17, 15) is 13.2 Å². The molecule has 0 aliphatic rings. The lowest BCUT2D eigenvalue weighted by Crippen LogP contribution is -2.26. The SMILES string of the molecule is CCCNC(CC(C)(C)C)c1cccc(OC(F)(F)F)c1. The summed E-state index contributed by atoms with van der Waals surface area (Å²) in [5.74, 6) is -0.169. The van der Waals surface area contributed by atoms with E-state index in [0.717, 1.165) is 24.9 Å². The van der Waals surface area contributed by atoms with Crippen molar-refractivity contribution < 1.29 is 17.9 Å². The highest BCUT2D eigenvalue weighted by atomic mass is 19.4. The van der Waals surface area contributed by atoms with Crippen molar-refractivity contribution in [2.75, 3.05) is 6.54 Å². The third-order valence-corrected chi connectivity index (χ3v) is 2.95. The molecule has 0 radical (unpaired) electrons. The van der Waals surface area contributed by atoms with Crippen LogP contribution < -0.4 is 10.1 Å². The fraction of sp³-hybridized carbons (Fsp3) is 0.625. The third-order valence-electron chi connectivity index (χ3n) is 2.95. The molecule has 0 saturated carbocycles. The van der Waals surface area contributed by atoms with Gasteiger partial charge in [-0.3, -0.25) is 0 Å². The largest absolute Gasteiger partial charge is 0.573 e. The third kappa shape index (κ3) is 7.37. The number of hydrogen-bond acceptors (Lipinski definition) is 2. The zero-order valence-electron chi connectivity index (χ0n) is 13.1. The minimum absolute atomic E-state index is 0.0155. The van der Waals surface area contributed by atoms with Crippen LogP contribution in [0.3, 0.4) is 0 Å². The molecule has 1 atom stereocenters. The summed E-state index contributed by atoms with van der Waals surface area (Å²) in [7, 11) is 0. The van der Waals surface area contributed by atoms with Crippen LogP contribution in [0.1, 0.15) is 52.1 Å². The Labute approximate surface area is 124 Å². The van der Waals surface area contributed by atoms with Crippen molar-refractivity contribution in [2.24, 2.45) is 5.41 Å². The molecule has 1 aromatic rings. The summed E-state index contributed by atoms with van der Waals surface area (Å²) in [5, 5.41) is 3.40. The number of ether oxygens (including phenoxy) is 1. The Morgan fingerprint density at radius 3 is 2.38 bits per heavy atom. The van der Waals surface area contributed by atoms with Gasteiger partial charge in [0, 0.05) is 6.04 Å². The Morgan fingerprint density at radius 1 is 1.19 bits per heavy atom. The molecule has 1 aromatic carbocycles. The van der Waals surface area contributed by atoms with Gasteiger partial charge in [-0.15, -0.1) is 13.2 Å². The predicted octanol–water partition coefficient (Wildman–Crippen LogP) is 5.06. The van der Waals surface area contributed by atoms with E-state index in [4.69, 9.17) is 0 Å². The van der Waals surface area contributed by atoms with Gasteiger partial charge in [0.25, 0.3) is 0 Å². The van der Waals surface area contributed by atoms with Crippen molar-refractivity contribution in [2.45, 2.75) is 52.9 Å². The molecule has 1 rings (SSSR count). The molecule has 0 spiro atoms. The highest BCUT2D eigenvalue weighted by molar-refractivity contribution is 5.31. The van der Waals surface area contributed by atoms with Gasteiger partial charge in [-0.05, 0) is 42.5 Å². The maximum Gasteiger partial charge on any atom is 0.573 e. The van der Waals surface area contributed by atoms with E-state index in [1.807, 2.05) is 6.07 Å². The second-order valence-corrected chi connectivity index (χ2v) is 6.39. The van der Waals surface area contributed by atoms with Crippen molar-refractivity contribution in [3.8, 4) is 5.75 Å². The molecule has 0 aromatic heterocycles. The van der Waals surface area contributed by atoms with Crippen LogP contribution in [-0.2, 0) is 0 Å². The molecule has 0 amide bonds. The van der Waals surface area contributed by atoms with Gasteiger partial charge < -0.3 is 10.1 Å². The molecule has 1 unspecified atom stereocenters.